The van der Waals surface area contributed by atoms with Crippen molar-refractivity contribution in [2.24, 2.45) is 0 Å². The van der Waals surface area contributed by atoms with E-state index in [0.717, 1.165) is 25.7 Å². The molecule has 1 fully saturated rings. The van der Waals surface area contributed by atoms with E-state index in [2.05, 4.69) is 10.0 Å². The highest BCUT2D eigenvalue weighted by atomic mass is 32.2. The molecule has 1 aromatic carbocycles. The number of hydrogen-bond acceptors (Lipinski definition) is 5. The van der Waals surface area contributed by atoms with Crippen molar-refractivity contribution in [3.8, 4) is 0 Å². The Hall–Kier alpha value is -1.45. The Morgan fingerprint density at radius 2 is 1.73 bits per heavy atom. The summed E-state index contributed by atoms with van der Waals surface area (Å²) in [6.45, 7) is 2.14. The van der Waals surface area contributed by atoms with Crippen LogP contribution in [0.1, 0.15) is 44.6 Å². The number of nitrogens with one attached hydrogen (secondary N) is 2. The SMILES string of the molecule is CCCCCS(=O)(=O)CC(=O)NCc1ccc(S(=O)(=O)NC2CC2)cc1. The molecule has 0 bridgehead atoms. The van der Waals surface area contributed by atoms with Crippen molar-refractivity contribution < 1.29 is 21.6 Å². The van der Waals surface area contributed by atoms with E-state index in [0.29, 0.717) is 12.0 Å². The van der Waals surface area contributed by atoms with Gasteiger partial charge in [0.1, 0.15) is 5.75 Å². The average molecular weight is 403 g/mol. The van der Waals surface area contributed by atoms with Crippen molar-refractivity contribution in [2.45, 2.75) is 56.5 Å². The van der Waals surface area contributed by atoms with Crippen LogP contribution < -0.4 is 10.0 Å². The second kappa shape index (κ2) is 8.96. The molecule has 9 heteroatoms. The molecule has 2 N–H and O–H groups in total. The molecule has 146 valence electrons. The number of sulfonamides is 1. The van der Waals surface area contributed by atoms with Crippen molar-refractivity contribution in [3.63, 3.8) is 0 Å². The lowest BCUT2D eigenvalue weighted by molar-refractivity contribution is -0.118. The molecular formula is C17H26N2O5S2. The maximum Gasteiger partial charge on any atom is 0.240 e. The third-order valence-corrected chi connectivity index (χ3v) is 7.18. The van der Waals surface area contributed by atoms with Crippen LogP contribution in [0.25, 0.3) is 0 Å². The Morgan fingerprint density at radius 3 is 2.31 bits per heavy atom. The fraction of sp³-hybridized carbons (Fsp3) is 0.588. The molecule has 0 aliphatic heterocycles. The molecule has 2 rings (SSSR count). The number of benzene rings is 1. The van der Waals surface area contributed by atoms with Gasteiger partial charge in [0, 0.05) is 12.6 Å². The van der Waals surface area contributed by atoms with Crippen LogP contribution in [-0.2, 0) is 31.2 Å². The van der Waals surface area contributed by atoms with Gasteiger partial charge in [-0.3, -0.25) is 4.79 Å². The molecule has 0 spiro atoms. The second-order valence-electron chi connectivity index (χ2n) is 6.62. The van der Waals surface area contributed by atoms with Gasteiger partial charge in [-0.1, -0.05) is 31.9 Å². The lowest BCUT2D eigenvalue weighted by atomic mass is 10.2. The third-order valence-electron chi connectivity index (χ3n) is 4.03. The van der Waals surface area contributed by atoms with Gasteiger partial charge in [0.2, 0.25) is 15.9 Å². The van der Waals surface area contributed by atoms with Gasteiger partial charge < -0.3 is 5.32 Å². The van der Waals surface area contributed by atoms with Crippen LogP contribution in [0.5, 0.6) is 0 Å². The molecule has 1 aliphatic carbocycles. The lowest BCUT2D eigenvalue weighted by Crippen LogP contribution is -2.31. The zero-order valence-electron chi connectivity index (χ0n) is 14.9. The Kier molecular flexibility index (Phi) is 7.19. The summed E-state index contributed by atoms with van der Waals surface area (Å²) in [6.07, 6.45) is 4.04. The van der Waals surface area contributed by atoms with Crippen molar-refractivity contribution in [2.75, 3.05) is 11.5 Å². The van der Waals surface area contributed by atoms with E-state index < -0.39 is 31.5 Å². The molecular weight excluding hydrogens is 376 g/mol. The van der Waals surface area contributed by atoms with E-state index in [4.69, 9.17) is 0 Å². The first-order chi connectivity index (χ1) is 12.2. The zero-order chi connectivity index (χ0) is 19.2. The van der Waals surface area contributed by atoms with Crippen LogP contribution in [0, 0.1) is 0 Å². The molecule has 1 aromatic rings. The summed E-state index contributed by atoms with van der Waals surface area (Å²) in [4.78, 5) is 12.0. The number of amides is 1. The zero-order valence-corrected chi connectivity index (χ0v) is 16.5. The minimum atomic E-state index is -3.50. The third kappa shape index (κ3) is 7.05. The number of rotatable bonds is 11. The Morgan fingerprint density at radius 1 is 1.08 bits per heavy atom. The summed E-state index contributed by atoms with van der Waals surface area (Å²) in [5.41, 5.74) is 0.701. The minimum Gasteiger partial charge on any atom is -0.351 e. The smallest absolute Gasteiger partial charge is 0.240 e. The van der Waals surface area contributed by atoms with Crippen LogP contribution in [-0.4, -0.2) is 40.3 Å². The standard InChI is InChI=1S/C17H26N2O5S2/c1-2-3-4-11-25(21,22)13-17(20)18-12-14-5-9-16(10-6-14)26(23,24)19-15-7-8-15/h5-6,9-10,15,19H,2-4,7-8,11-13H2,1H3,(H,18,20). The summed E-state index contributed by atoms with van der Waals surface area (Å²) in [6, 6.07) is 6.22. The van der Waals surface area contributed by atoms with Gasteiger partial charge in [-0.25, -0.2) is 21.6 Å². The van der Waals surface area contributed by atoms with Gasteiger partial charge >= 0.3 is 0 Å². The number of hydrogen-bond donors (Lipinski definition) is 2. The number of unbranched alkanes of at least 4 members (excludes halogenated alkanes) is 2. The van der Waals surface area contributed by atoms with Gasteiger partial charge in [0.05, 0.1) is 10.6 Å². The summed E-state index contributed by atoms with van der Waals surface area (Å²) in [7, 11) is -6.89. The second-order valence-corrected chi connectivity index (χ2v) is 10.5. The Bertz CT molecular complexity index is 813. The fourth-order valence-electron chi connectivity index (χ4n) is 2.37. The molecule has 0 saturated heterocycles. The Labute approximate surface area is 155 Å². The van der Waals surface area contributed by atoms with Crippen LogP contribution in [0.15, 0.2) is 29.2 Å². The van der Waals surface area contributed by atoms with Gasteiger partial charge in [-0.15, -0.1) is 0 Å². The van der Waals surface area contributed by atoms with Gasteiger partial charge in [0.15, 0.2) is 9.84 Å². The predicted molar refractivity (Wildman–Crippen MR) is 99.8 cm³/mol. The van der Waals surface area contributed by atoms with Crippen molar-refractivity contribution in [3.05, 3.63) is 29.8 Å². The number of sulfone groups is 1. The van der Waals surface area contributed by atoms with Crippen LogP contribution in [0.2, 0.25) is 0 Å². The quantitative estimate of drug-likeness (QED) is 0.543. The van der Waals surface area contributed by atoms with Crippen LogP contribution in [0.4, 0.5) is 0 Å². The highest BCUT2D eigenvalue weighted by molar-refractivity contribution is 7.92. The van der Waals surface area contributed by atoms with E-state index in [-0.39, 0.29) is 23.2 Å². The predicted octanol–water partition coefficient (Wildman–Crippen LogP) is 1.35. The average Bonchev–Trinajstić information content (AvgIpc) is 3.36. The molecule has 0 aromatic heterocycles. The summed E-state index contributed by atoms with van der Waals surface area (Å²) < 4.78 is 50.4. The Balaban J connectivity index is 1.82. The topological polar surface area (TPSA) is 109 Å². The van der Waals surface area contributed by atoms with Crippen molar-refractivity contribution in [1.82, 2.24) is 10.0 Å². The van der Waals surface area contributed by atoms with E-state index >= 15 is 0 Å². The maximum atomic E-state index is 12.1. The van der Waals surface area contributed by atoms with E-state index in [9.17, 15) is 21.6 Å². The van der Waals surface area contributed by atoms with Gasteiger partial charge in [-0.05, 0) is 37.0 Å². The molecule has 0 atom stereocenters. The molecule has 0 unspecified atom stereocenters. The van der Waals surface area contributed by atoms with Crippen molar-refractivity contribution >= 4 is 25.8 Å². The highest BCUT2D eigenvalue weighted by Crippen LogP contribution is 2.22. The van der Waals surface area contributed by atoms with Crippen LogP contribution in [0.3, 0.4) is 0 Å². The molecule has 1 amide bonds. The van der Waals surface area contributed by atoms with Crippen molar-refractivity contribution in [1.29, 1.82) is 0 Å². The van der Waals surface area contributed by atoms with Crippen LogP contribution >= 0.6 is 0 Å². The van der Waals surface area contributed by atoms with Gasteiger partial charge in [0.25, 0.3) is 0 Å². The molecule has 7 nitrogen and oxygen atoms in total. The summed E-state index contributed by atoms with van der Waals surface area (Å²) >= 11 is 0. The van der Waals surface area contributed by atoms with E-state index in [1.165, 1.54) is 12.1 Å². The van der Waals surface area contributed by atoms with E-state index in [1.807, 2.05) is 6.92 Å². The first kappa shape index (κ1) is 20.9. The number of carbonyl (C=O) groups is 1. The highest BCUT2D eigenvalue weighted by Gasteiger charge is 2.27. The largest absolute Gasteiger partial charge is 0.351 e. The molecule has 26 heavy (non-hydrogen) atoms. The summed E-state index contributed by atoms with van der Waals surface area (Å²) in [5, 5.41) is 2.56. The molecule has 1 saturated carbocycles. The molecule has 1 aliphatic rings. The first-order valence-corrected chi connectivity index (χ1v) is 12.1. The molecule has 0 radical (unpaired) electrons. The number of carbonyl (C=O) groups excluding carboxylic acids is 1. The monoisotopic (exact) mass is 402 g/mol. The summed E-state index contributed by atoms with van der Waals surface area (Å²) in [5.74, 6) is -1.04. The normalized spacial score (nSPS) is 15.0. The van der Waals surface area contributed by atoms with Gasteiger partial charge in [-0.2, -0.15) is 0 Å². The molecule has 0 heterocycles. The maximum absolute atomic E-state index is 12.1. The lowest BCUT2D eigenvalue weighted by Gasteiger charge is -2.08. The van der Waals surface area contributed by atoms with E-state index in [1.54, 1.807) is 12.1 Å². The first-order valence-electron chi connectivity index (χ1n) is 8.80. The minimum absolute atomic E-state index is 0.0226. The fourth-order valence-corrected chi connectivity index (χ4v) is 4.97.